The Morgan fingerprint density at radius 2 is 1.58 bits per heavy atom. The fraction of sp³-hybridized carbons (Fsp3) is 0.0952. The summed E-state index contributed by atoms with van der Waals surface area (Å²) in [7, 11) is 0. The second-order valence-electron chi connectivity index (χ2n) is 6.24. The molecule has 2 heterocycles. The van der Waals surface area contributed by atoms with Crippen molar-refractivity contribution in [2.75, 3.05) is 4.90 Å². The topological polar surface area (TPSA) is 16.1 Å². The molecule has 3 aromatic rings. The lowest BCUT2D eigenvalue weighted by Gasteiger charge is -2.30. The van der Waals surface area contributed by atoms with Crippen molar-refractivity contribution in [3.63, 3.8) is 0 Å². The van der Waals surface area contributed by atoms with Gasteiger partial charge in [-0.3, -0.25) is 0 Å². The van der Waals surface area contributed by atoms with Crippen LogP contribution in [0.5, 0.6) is 0 Å². The van der Waals surface area contributed by atoms with E-state index in [0.29, 0.717) is 0 Å². The van der Waals surface area contributed by atoms with E-state index < -0.39 is 0 Å². The molecule has 2 nitrogen and oxygen atoms in total. The third-order valence-electron chi connectivity index (χ3n) is 4.71. The summed E-state index contributed by atoms with van der Waals surface area (Å²) in [6.07, 6.45) is 3.99. The largest absolute Gasteiger partial charge is 0.303 e. The molecule has 1 aromatic heterocycles. The van der Waals surface area contributed by atoms with Crippen LogP contribution < -0.4 is 15.8 Å². The maximum atomic E-state index is 4.51. The summed E-state index contributed by atoms with van der Waals surface area (Å²) in [6, 6.07) is 21.2. The molecule has 1 aliphatic rings. The molecule has 0 saturated carbocycles. The van der Waals surface area contributed by atoms with E-state index in [0.717, 1.165) is 5.82 Å². The van der Waals surface area contributed by atoms with Gasteiger partial charge in [0, 0.05) is 11.9 Å². The molecule has 0 fully saturated rings. The highest BCUT2D eigenvalue weighted by Crippen LogP contribution is 2.26. The summed E-state index contributed by atoms with van der Waals surface area (Å²) in [5.41, 5.74) is 6.60. The van der Waals surface area contributed by atoms with E-state index >= 15 is 0 Å². The highest BCUT2D eigenvalue weighted by molar-refractivity contribution is 6.91. The van der Waals surface area contributed by atoms with Crippen molar-refractivity contribution in [3.05, 3.63) is 90.2 Å². The SMILES string of the molecule is Cc1cccc(C)c1B1C=CN(c2ccccn2)c2ccccc21. The van der Waals surface area contributed by atoms with Crippen LogP contribution in [-0.4, -0.2) is 11.7 Å². The molecule has 0 atom stereocenters. The molecule has 0 unspecified atom stereocenters. The smallest absolute Gasteiger partial charge is 0.238 e. The molecule has 0 spiro atoms. The zero-order chi connectivity index (χ0) is 16.5. The van der Waals surface area contributed by atoms with Crippen LogP contribution in [0.3, 0.4) is 0 Å². The van der Waals surface area contributed by atoms with Crippen LogP contribution in [0, 0.1) is 13.8 Å². The van der Waals surface area contributed by atoms with E-state index in [-0.39, 0.29) is 6.71 Å². The van der Waals surface area contributed by atoms with Gasteiger partial charge in [0.05, 0.1) is 0 Å². The third kappa shape index (κ3) is 2.42. The molecule has 4 rings (SSSR count). The zero-order valence-corrected chi connectivity index (χ0v) is 14.0. The molecule has 24 heavy (non-hydrogen) atoms. The Hall–Kier alpha value is -2.81. The molecule has 0 bridgehead atoms. The second kappa shape index (κ2) is 6.01. The Kier molecular flexibility index (Phi) is 3.70. The van der Waals surface area contributed by atoms with Crippen molar-refractivity contribution in [2.24, 2.45) is 0 Å². The van der Waals surface area contributed by atoms with Gasteiger partial charge < -0.3 is 4.90 Å². The first-order chi connectivity index (χ1) is 11.8. The van der Waals surface area contributed by atoms with Gasteiger partial charge in [-0.2, -0.15) is 0 Å². The summed E-state index contributed by atoms with van der Waals surface area (Å²) < 4.78 is 0. The van der Waals surface area contributed by atoms with Gasteiger partial charge in [-0.25, -0.2) is 4.98 Å². The summed E-state index contributed by atoms with van der Waals surface area (Å²) in [5.74, 6) is 3.23. The van der Waals surface area contributed by atoms with Crippen molar-refractivity contribution in [3.8, 4) is 0 Å². The third-order valence-corrected chi connectivity index (χ3v) is 4.71. The number of aromatic nitrogens is 1. The van der Waals surface area contributed by atoms with Crippen molar-refractivity contribution < 1.29 is 0 Å². The summed E-state index contributed by atoms with van der Waals surface area (Å²) in [4.78, 5) is 6.67. The molecule has 0 N–H and O–H groups in total. The minimum Gasteiger partial charge on any atom is -0.303 e. The number of aryl methyl sites for hydroxylation is 2. The van der Waals surface area contributed by atoms with E-state index in [1.165, 1.54) is 27.7 Å². The minimum absolute atomic E-state index is 0.280. The minimum atomic E-state index is 0.280. The zero-order valence-electron chi connectivity index (χ0n) is 14.0. The lowest BCUT2D eigenvalue weighted by Crippen LogP contribution is -2.47. The predicted molar refractivity (Wildman–Crippen MR) is 103 cm³/mol. The molecule has 0 amide bonds. The van der Waals surface area contributed by atoms with Crippen LogP contribution in [0.4, 0.5) is 11.5 Å². The highest BCUT2D eigenvalue weighted by Gasteiger charge is 2.28. The highest BCUT2D eigenvalue weighted by atomic mass is 15.2. The number of benzene rings is 2. The van der Waals surface area contributed by atoms with Crippen LogP contribution in [0.2, 0.25) is 0 Å². The molecule has 0 aliphatic carbocycles. The van der Waals surface area contributed by atoms with Gasteiger partial charge in [-0.15, -0.1) is 0 Å². The van der Waals surface area contributed by atoms with E-state index in [4.69, 9.17) is 0 Å². The Labute approximate surface area is 143 Å². The lowest BCUT2D eigenvalue weighted by molar-refractivity contribution is 1.18. The van der Waals surface area contributed by atoms with Crippen molar-refractivity contribution >= 4 is 29.1 Å². The maximum absolute atomic E-state index is 4.51. The quantitative estimate of drug-likeness (QED) is 0.673. The van der Waals surface area contributed by atoms with Gasteiger partial charge in [0.15, 0.2) is 0 Å². The van der Waals surface area contributed by atoms with Gasteiger partial charge in [0.2, 0.25) is 6.71 Å². The van der Waals surface area contributed by atoms with Crippen LogP contribution >= 0.6 is 0 Å². The van der Waals surface area contributed by atoms with Crippen LogP contribution in [0.25, 0.3) is 0 Å². The molecular weight excluding hydrogens is 291 g/mol. The van der Waals surface area contributed by atoms with Gasteiger partial charge in [-0.1, -0.05) is 65.0 Å². The maximum Gasteiger partial charge on any atom is 0.238 e. The number of hydrogen-bond donors (Lipinski definition) is 0. The van der Waals surface area contributed by atoms with Crippen LogP contribution in [-0.2, 0) is 0 Å². The first-order valence-corrected chi connectivity index (χ1v) is 8.29. The summed E-state index contributed by atoms with van der Waals surface area (Å²) in [5, 5.41) is 0. The number of nitrogens with zero attached hydrogens (tertiary/aromatic N) is 2. The molecule has 116 valence electrons. The van der Waals surface area contributed by atoms with E-state index in [1.807, 2.05) is 24.4 Å². The average molecular weight is 310 g/mol. The van der Waals surface area contributed by atoms with E-state index in [2.05, 4.69) is 78.4 Å². The molecule has 0 radical (unpaired) electrons. The lowest BCUT2D eigenvalue weighted by atomic mass is 9.38. The number of para-hydroxylation sites is 1. The number of fused-ring (bicyclic) bond motifs is 1. The van der Waals surface area contributed by atoms with Gasteiger partial charge in [0.1, 0.15) is 5.82 Å². The van der Waals surface area contributed by atoms with E-state index in [1.54, 1.807) is 0 Å². The number of rotatable bonds is 2. The van der Waals surface area contributed by atoms with Crippen molar-refractivity contribution in [2.45, 2.75) is 13.8 Å². The average Bonchev–Trinajstić information content (AvgIpc) is 2.62. The van der Waals surface area contributed by atoms with Gasteiger partial charge in [-0.05, 0) is 43.7 Å². The van der Waals surface area contributed by atoms with Crippen LogP contribution in [0.1, 0.15) is 11.1 Å². The predicted octanol–water partition coefficient (Wildman–Crippen LogP) is 3.51. The Morgan fingerprint density at radius 3 is 2.33 bits per heavy atom. The Morgan fingerprint density at radius 1 is 0.833 bits per heavy atom. The van der Waals surface area contributed by atoms with Gasteiger partial charge >= 0.3 is 0 Å². The Bertz CT molecular complexity index is 882. The molecule has 2 aromatic carbocycles. The monoisotopic (exact) mass is 310 g/mol. The number of hydrogen-bond acceptors (Lipinski definition) is 2. The fourth-order valence-corrected chi connectivity index (χ4v) is 3.59. The van der Waals surface area contributed by atoms with Crippen molar-refractivity contribution in [1.82, 2.24) is 4.98 Å². The van der Waals surface area contributed by atoms with E-state index in [9.17, 15) is 0 Å². The first kappa shape index (κ1) is 14.8. The number of anilines is 2. The standard InChI is InChI=1S/C21H19BN2/c1-16-8-7-9-17(2)21(16)22-13-15-24(20-12-5-6-14-23-20)19-11-4-3-10-18(19)22/h3-15H,1-2H3. The Balaban J connectivity index is 1.87. The molecule has 3 heteroatoms. The second-order valence-corrected chi connectivity index (χ2v) is 6.24. The number of pyridine rings is 1. The normalized spacial score (nSPS) is 13.1. The molecule has 0 saturated heterocycles. The summed E-state index contributed by atoms with van der Waals surface area (Å²) in [6.45, 7) is 4.68. The van der Waals surface area contributed by atoms with Crippen molar-refractivity contribution in [1.29, 1.82) is 0 Å². The van der Waals surface area contributed by atoms with Gasteiger partial charge in [0.25, 0.3) is 0 Å². The fourth-order valence-electron chi connectivity index (χ4n) is 3.59. The first-order valence-electron chi connectivity index (χ1n) is 8.29. The molecule has 1 aliphatic heterocycles. The summed E-state index contributed by atoms with van der Waals surface area (Å²) >= 11 is 0. The van der Waals surface area contributed by atoms with Crippen LogP contribution in [0.15, 0.2) is 79.0 Å². The molecular formula is C21H19BN2.